The summed E-state index contributed by atoms with van der Waals surface area (Å²) in [5.74, 6) is -0.308. The highest BCUT2D eigenvalue weighted by Gasteiger charge is 2.35. The fourth-order valence-electron chi connectivity index (χ4n) is 3.20. The van der Waals surface area contributed by atoms with Crippen LogP contribution in [-0.2, 0) is 17.9 Å². The molecule has 1 fully saturated rings. The summed E-state index contributed by atoms with van der Waals surface area (Å²) in [7, 11) is 0. The van der Waals surface area contributed by atoms with Crippen LogP contribution in [0.5, 0.6) is 5.75 Å². The zero-order chi connectivity index (χ0) is 23.4. The minimum absolute atomic E-state index is 0.0631. The van der Waals surface area contributed by atoms with Crippen LogP contribution in [0.3, 0.4) is 0 Å². The molecule has 1 heterocycles. The van der Waals surface area contributed by atoms with Gasteiger partial charge in [-0.25, -0.2) is 4.39 Å². The van der Waals surface area contributed by atoms with Gasteiger partial charge in [-0.15, -0.1) is 0 Å². The van der Waals surface area contributed by atoms with Crippen LogP contribution in [0.15, 0.2) is 77.7 Å². The Hall–Kier alpha value is -3.98. The SMILES string of the molecule is O=C1S/C(=C/c2ccccc2OCc2ccc(F)cc2)C(=O)N1Cc1cccc([N+](=O)[O-])c1. The van der Waals surface area contributed by atoms with Crippen molar-refractivity contribution in [1.29, 1.82) is 0 Å². The number of halogens is 1. The van der Waals surface area contributed by atoms with Crippen molar-refractivity contribution in [3.05, 3.63) is 110 Å². The molecular weight excluding hydrogens is 447 g/mol. The Labute approximate surface area is 192 Å². The van der Waals surface area contributed by atoms with Crippen LogP contribution in [0.2, 0.25) is 0 Å². The Morgan fingerprint density at radius 1 is 1.00 bits per heavy atom. The molecule has 4 rings (SSSR count). The highest BCUT2D eigenvalue weighted by molar-refractivity contribution is 8.18. The number of non-ortho nitro benzene ring substituents is 1. The molecular formula is C24H17FN2O5S. The van der Waals surface area contributed by atoms with E-state index in [1.165, 1.54) is 30.3 Å². The molecule has 0 aliphatic carbocycles. The molecule has 0 saturated carbocycles. The van der Waals surface area contributed by atoms with Crippen LogP contribution in [0.4, 0.5) is 14.9 Å². The number of amides is 2. The summed E-state index contributed by atoms with van der Waals surface area (Å²) in [6.45, 7) is 0.145. The Morgan fingerprint density at radius 3 is 2.52 bits per heavy atom. The predicted molar refractivity (Wildman–Crippen MR) is 122 cm³/mol. The second-order valence-corrected chi connectivity index (χ2v) is 8.14. The number of para-hydroxylation sites is 1. The number of benzene rings is 3. The van der Waals surface area contributed by atoms with E-state index >= 15 is 0 Å². The molecule has 0 bridgehead atoms. The zero-order valence-corrected chi connectivity index (χ0v) is 18.0. The van der Waals surface area contributed by atoms with Crippen LogP contribution in [-0.4, -0.2) is 21.0 Å². The van der Waals surface area contributed by atoms with Crippen molar-refractivity contribution in [1.82, 2.24) is 4.90 Å². The number of rotatable bonds is 7. The monoisotopic (exact) mass is 464 g/mol. The summed E-state index contributed by atoms with van der Waals surface area (Å²) < 4.78 is 18.9. The number of nitro benzene ring substituents is 1. The number of carbonyl (C=O) groups excluding carboxylic acids is 2. The highest BCUT2D eigenvalue weighted by atomic mass is 32.2. The van der Waals surface area contributed by atoms with E-state index in [2.05, 4.69) is 0 Å². The Kier molecular flexibility index (Phi) is 6.50. The molecule has 3 aromatic carbocycles. The second kappa shape index (κ2) is 9.66. The van der Waals surface area contributed by atoms with Crippen LogP contribution in [0.1, 0.15) is 16.7 Å². The van der Waals surface area contributed by atoms with Crippen molar-refractivity contribution in [3.8, 4) is 5.75 Å². The number of carbonyl (C=O) groups is 2. The van der Waals surface area contributed by atoms with Crippen molar-refractivity contribution >= 4 is 34.7 Å². The summed E-state index contributed by atoms with van der Waals surface area (Å²) >= 11 is 0.799. The summed E-state index contributed by atoms with van der Waals surface area (Å²) in [5.41, 5.74) is 1.77. The number of hydrogen-bond acceptors (Lipinski definition) is 6. The lowest BCUT2D eigenvalue weighted by molar-refractivity contribution is -0.384. The molecule has 0 aromatic heterocycles. The maximum absolute atomic E-state index is 13.1. The van der Waals surface area contributed by atoms with E-state index < -0.39 is 16.1 Å². The van der Waals surface area contributed by atoms with E-state index in [0.717, 1.165) is 22.2 Å². The molecule has 33 heavy (non-hydrogen) atoms. The molecule has 0 atom stereocenters. The molecule has 0 N–H and O–H groups in total. The maximum Gasteiger partial charge on any atom is 0.293 e. The first-order chi connectivity index (χ1) is 15.9. The van der Waals surface area contributed by atoms with Crippen LogP contribution < -0.4 is 4.74 Å². The Bertz CT molecular complexity index is 1260. The Morgan fingerprint density at radius 2 is 1.76 bits per heavy atom. The molecule has 7 nitrogen and oxygen atoms in total. The topological polar surface area (TPSA) is 89.8 Å². The van der Waals surface area contributed by atoms with Gasteiger partial charge in [0.05, 0.1) is 16.4 Å². The summed E-state index contributed by atoms with van der Waals surface area (Å²) in [6, 6.07) is 18.8. The molecule has 1 aliphatic heterocycles. The van der Waals surface area contributed by atoms with Gasteiger partial charge in [0.15, 0.2) is 0 Å². The van der Waals surface area contributed by atoms with Crippen LogP contribution in [0.25, 0.3) is 6.08 Å². The van der Waals surface area contributed by atoms with Crippen molar-refractivity contribution in [2.45, 2.75) is 13.2 Å². The van der Waals surface area contributed by atoms with Gasteiger partial charge in [-0.2, -0.15) is 0 Å². The van der Waals surface area contributed by atoms with Gasteiger partial charge in [0.25, 0.3) is 16.8 Å². The van der Waals surface area contributed by atoms with Gasteiger partial charge in [-0.1, -0.05) is 42.5 Å². The number of nitro groups is 1. The van der Waals surface area contributed by atoms with Gasteiger partial charge in [0.2, 0.25) is 0 Å². The standard InChI is InChI=1S/C24H17FN2O5S/c25-19-10-8-16(9-11-19)15-32-21-7-2-1-5-18(21)13-22-23(28)26(24(29)33-22)14-17-4-3-6-20(12-17)27(30)31/h1-13H,14-15H2/b22-13+. The third-order valence-electron chi connectivity index (χ3n) is 4.85. The second-order valence-electron chi connectivity index (χ2n) is 7.15. The van der Waals surface area contributed by atoms with Gasteiger partial charge in [0, 0.05) is 17.7 Å². The lowest BCUT2D eigenvalue weighted by atomic mass is 10.1. The van der Waals surface area contributed by atoms with Crippen molar-refractivity contribution in [2.24, 2.45) is 0 Å². The number of hydrogen-bond donors (Lipinski definition) is 0. The Balaban J connectivity index is 1.51. The normalized spacial score (nSPS) is 14.7. The van der Waals surface area contributed by atoms with Crippen LogP contribution in [0, 0.1) is 15.9 Å². The van der Waals surface area contributed by atoms with Crippen molar-refractivity contribution in [3.63, 3.8) is 0 Å². The number of thioether (sulfide) groups is 1. The molecule has 2 amide bonds. The van der Waals surface area contributed by atoms with E-state index in [1.54, 1.807) is 48.5 Å². The average Bonchev–Trinajstić information content (AvgIpc) is 3.07. The van der Waals surface area contributed by atoms with Crippen molar-refractivity contribution < 1.29 is 23.6 Å². The lowest BCUT2D eigenvalue weighted by Crippen LogP contribution is -2.27. The largest absolute Gasteiger partial charge is 0.488 e. The summed E-state index contributed by atoms with van der Waals surface area (Å²) in [4.78, 5) is 37.1. The predicted octanol–water partition coefficient (Wildman–Crippen LogP) is 5.55. The highest BCUT2D eigenvalue weighted by Crippen LogP contribution is 2.35. The van der Waals surface area contributed by atoms with E-state index in [1.807, 2.05) is 0 Å². The molecule has 166 valence electrons. The lowest BCUT2D eigenvalue weighted by Gasteiger charge is -2.12. The smallest absolute Gasteiger partial charge is 0.293 e. The molecule has 0 radical (unpaired) electrons. The molecule has 1 aliphatic rings. The first-order valence-corrected chi connectivity index (χ1v) is 10.7. The van der Waals surface area contributed by atoms with Gasteiger partial charge in [-0.05, 0) is 47.2 Å². The fourth-order valence-corrected chi connectivity index (χ4v) is 4.03. The first-order valence-electron chi connectivity index (χ1n) is 9.86. The summed E-state index contributed by atoms with van der Waals surface area (Å²) in [6.07, 6.45) is 1.58. The van der Waals surface area contributed by atoms with E-state index in [4.69, 9.17) is 4.74 Å². The van der Waals surface area contributed by atoms with E-state index in [0.29, 0.717) is 16.9 Å². The van der Waals surface area contributed by atoms with Gasteiger partial charge >= 0.3 is 0 Å². The summed E-state index contributed by atoms with van der Waals surface area (Å²) in [5, 5.41) is 10.5. The fraction of sp³-hybridized carbons (Fsp3) is 0.0833. The van der Waals surface area contributed by atoms with E-state index in [-0.39, 0.29) is 29.6 Å². The maximum atomic E-state index is 13.1. The number of nitrogens with zero attached hydrogens (tertiary/aromatic N) is 2. The molecule has 3 aromatic rings. The molecule has 0 unspecified atom stereocenters. The van der Waals surface area contributed by atoms with E-state index in [9.17, 15) is 24.1 Å². The third-order valence-corrected chi connectivity index (χ3v) is 5.76. The van der Waals surface area contributed by atoms with Gasteiger partial charge in [-0.3, -0.25) is 24.6 Å². The van der Waals surface area contributed by atoms with Crippen LogP contribution >= 0.6 is 11.8 Å². The molecule has 1 saturated heterocycles. The molecule has 0 spiro atoms. The van der Waals surface area contributed by atoms with Gasteiger partial charge in [0.1, 0.15) is 18.2 Å². The minimum Gasteiger partial charge on any atom is -0.488 e. The first kappa shape index (κ1) is 22.2. The van der Waals surface area contributed by atoms with Gasteiger partial charge < -0.3 is 4.74 Å². The molecule has 9 heteroatoms. The average molecular weight is 464 g/mol. The minimum atomic E-state index is -0.528. The quantitative estimate of drug-likeness (QED) is 0.259. The third kappa shape index (κ3) is 5.27. The number of imide groups is 1. The zero-order valence-electron chi connectivity index (χ0n) is 17.1. The number of ether oxygens (including phenoxy) is 1. The van der Waals surface area contributed by atoms with Crippen molar-refractivity contribution in [2.75, 3.05) is 0 Å².